The fraction of sp³-hybridized carbons (Fsp3) is 0.556. The van der Waals surface area contributed by atoms with Crippen LogP contribution in [0.15, 0.2) is 30.3 Å². The van der Waals surface area contributed by atoms with E-state index in [0.717, 1.165) is 31.6 Å². The van der Waals surface area contributed by atoms with Crippen LogP contribution in [0.3, 0.4) is 0 Å². The standard InChI is InChI=1S/C18H24N2O4/c1-23-17(22)7-10-19-11-8-18(9-12-19)14-20(16(21)13-24-18)15-5-3-2-4-6-15/h2-6H,7-14H2,1H3. The number of morpholine rings is 1. The van der Waals surface area contributed by atoms with Gasteiger partial charge in [-0.3, -0.25) is 9.59 Å². The Morgan fingerprint density at radius 1 is 1.25 bits per heavy atom. The molecule has 1 amide bonds. The van der Waals surface area contributed by atoms with Gasteiger partial charge < -0.3 is 19.3 Å². The van der Waals surface area contributed by atoms with E-state index in [4.69, 9.17) is 9.47 Å². The molecule has 1 aromatic carbocycles. The maximum absolute atomic E-state index is 12.2. The van der Waals surface area contributed by atoms with Crippen LogP contribution in [-0.2, 0) is 19.1 Å². The molecule has 1 aromatic rings. The van der Waals surface area contributed by atoms with E-state index in [0.29, 0.717) is 19.5 Å². The van der Waals surface area contributed by atoms with Crippen molar-refractivity contribution in [2.75, 3.05) is 44.8 Å². The van der Waals surface area contributed by atoms with Gasteiger partial charge in [0.2, 0.25) is 0 Å². The molecule has 3 rings (SSSR count). The Hall–Kier alpha value is -1.92. The maximum atomic E-state index is 12.2. The SMILES string of the molecule is COC(=O)CCN1CCC2(CC1)CN(c1ccccc1)C(=O)CO2. The van der Waals surface area contributed by atoms with Gasteiger partial charge in [-0.05, 0) is 25.0 Å². The minimum atomic E-state index is -0.272. The van der Waals surface area contributed by atoms with Crippen LogP contribution in [0.1, 0.15) is 19.3 Å². The molecule has 6 heteroatoms. The third-order valence-corrected chi connectivity index (χ3v) is 4.94. The highest BCUT2D eigenvalue weighted by atomic mass is 16.5. The van der Waals surface area contributed by atoms with Crippen molar-refractivity contribution in [2.45, 2.75) is 24.9 Å². The number of rotatable bonds is 4. The smallest absolute Gasteiger partial charge is 0.306 e. The number of likely N-dealkylation sites (tertiary alicyclic amines) is 1. The first kappa shape index (κ1) is 16.9. The van der Waals surface area contributed by atoms with Gasteiger partial charge in [-0.25, -0.2) is 0 Å². The van der Waals surface area contributed by atoms with Crippen LogP contribution in [0, 0.1) is 0 Å². The molecule has 130 valence electrons. The Morgan fingerprint density at radius 3 is 2.62 bits per heavy atom. The van der Waals surface area contributed by atoms with E-state index in [2.05, 4.69) is 4.90 Å². The van der Waals surface area contributed by atoms with Crippen LogP contribution >= 0.6 is 0 Å². The average Bonchev–Trinajstić information content (AvgIpc) is 2.64. The summed E-state index contributed by atoms with van der Waals surface area (Å²) >= 11 is 0. The number of hydrogen-bond donors (Lipinski definition) is 0. The number of piperidine rings is 1. The number of nitrogens with zero attached hydrogens (tertiary/aromatic N) is 2. The molecule has 0 unspecified atom stereocenters. The fourth-order valence-electron chi connectivity index (χ4n) is 3.40. The van der Waals surface area contributed by atoms with Gasteiger partial charge in [0.1, 0.15) is 6.61 Å². The molecule has 0 N–H and O–H groups in total. The van der Waals surface area contributed by atoms with Crippen LogP contribution in [-0.4, -0.2) is 62.3 Å². The lowest BCUT2D eigenvalue weighted by Crippen LogP contribution is -2.59. The minimum Gasteiger partial charge on any atom is -0.469 e. The van der Waals surface area contributed by atoms with E-state index >= 15 is 0 Å². The predicted octanol–water partition coefficient (Wildman–Crippen LogP) is 1.45. The van der Waals surface area contributed by atoms with E-state index in [-0.39, 0.29) is 24.1 Å². The van der Waals surface area contributed by atoms with Gasteiger partial charge >= 0.3 is 5.97 Å². The van der Waals surface area contributed by atoms with Crippen molar-refractivity contribution in [3.05, 3.63) is 30.3 Å². The van der Waals surface area contributed by atoms with Gasteiger partial charge in [0.25, 0.3) is 5.91 Å². The van der Waals surface area contributed by atoms with Gasteiger partial charge in [0.05, 0.1) is 25.7 Å². The Morgan fingerprint density at radius 2 is 1.96 bits per heavy atom. The zero-order chi connectivity index (χ0) is 17.0. The maximum Gasteiger partial charge on any atom is 0.306 e. The summed E-state index contributed by atoms with van der Waals surface area (Å²) in [5, 5.41) is 0. The van der Waals surface area contributed by atoms with Crippen LogP contribution < -0.4 is 4.90 Å². The number of carbonyl (C=O) groups excluding carboxylic acids is 2. The van der Waals surface area contributed by atoms with E-state index < -0.39 is 0 Å². The molecular weight excluding hydrogens is 308 g/mol. The zero-order valence-electron chi connectivity index (χ0n) is 14.1. The van der Waals surface area contributed by atoms with Crippen LogP contribution in [0.4, 0.5) is 5.69 Å². The second kappa shape index (κ2) is 7.32. The lowest BCUT2D eigenvalue weighted by atomic mass is 9.89. The van der Waals surface area contributed by atoms with Gasteiger partial charge in [-0.1, -0.05) is 18.2 Å². The first-order valence-corrected chi connectivity index (χ1v) is 8.40. The van der Waals surface area contributed by atoms with Crippen molar-refractivity contribution in [2.24, 2.45) is 0 Å². The van der Waals surface area contributed by atoms with Gasteiger partial charge in [-0.2, -0.15) is 0 Å². The number of amides is 1. The molecule has 0 aromatic heterocycles. The van der Waals surface area contributed by atoms with Crippen molar-refractivity contribution < 1.29 is 19.1 Å². The predicted molar refractivity (Wildman–Crippen MR) is 89.8 cm³/mol. The molecule has 1 spiro atoms. The van der Waals surface area contributed by atoms with E-state index in [1.54, 1.807) is 0 Å². The number of carbonyl (C=O) groups is 2. The van der Waals surface area contributed by atoms with Crippen molar-refractivity contribution >= 4 is 17.6 Å². The lowest BCUT2D eigenvalue weighted by Gasteiger charge is -2.47. The topological polar surface area (TPSA) is 59.1 Å². The Kier molecular flexibility index (Phi) is 5.16. The monoisotopic (exact) mass is 332 g/mol. The number of esters is 1. The van der Waals surface area contributed by atoms with Gasteiger partial charge in [-0.15, -0.1) is 0 Å². The molecule has 0 bridgehead atoms. The summed E-state index contributed by atoms with van der Waals surface area (Å²) in [6.45, 7) is 3.18. The zero-order valence-corrected chi connectivity index (χ0v) is 14.1. The molecule has 2 aliphatic rings. The summed E-state index contributed by atoms with van der Waals surface area (Å²) < 4.78 is 10.6. The van der Waals surface area contributed by atoms with Crippen LogP contribution in [0.5, 0.6) is 0 Å². The molecule has 0 atom stereocenters. The van der Waals surface area contributed by atoms with Crippen LogP contribution in [0.2, 0.25) is 0 Å². The summed E-state index contributed by atoms with van der Waals surface area (Å²) in [5.41, 5.74) is 0.657. The van der Waals surface area contributed by atoms with Crippen molar-refractivity contribution in [1.82, 2.24) is 4.90 Å². The quantitative estimate of drug-likeness (QED) is 0.781. The van der Waals surface area contributed by atoms with Crippen molar-refractivity contribution in [3.8, 4) is 0 Å². The third kappa shape index (κ3) is 3.76. The lowest BCUT2D eigenvalue weighted by molar-refractivity contribution is -0.146. The highest BCUT2D eigenvalue weighted by molar-refractivity contribution is 5.95. The molecule has 2 fully saturated rings. The number of benzene rings is 1. The Balaban J connectivity index is 1.59. The summed E-state index contributed by atoms with van der Waals surface area (Å²) in [6, 6.07) is 9.76. The highest BCUT2D eigenvalue weighted by Gasteiger charge is 2.42. The van der Waals surface area contributed by atoms with Gasteiger partial charge in [0, 0.05) is 25.3 Å². The number of hydrogen-bond acceptors (Lipinski definition) is 5. The molecular formula is C18H24N2O4. The van der Waals surface area contributed by atoms with Gasteiger partial charge in [0.15, 0.2) is 0 Å². The largest absolute Gasteiger partial charge is 0.469 e. The number of methoxy groups -OCH3 is 1. The van der Waals surface area contributed by atoms with E-state index in [1.165, 1.54) is 7.11 Å². The first-order valence-electron chi connectivity index (χ1n) is 8.40. The molecule has 6 nitrogen and oxygen atoms in total. The normalized spacial score (nSPS) is 21.0. The van der Waals surface area contributed by atoms with E-state index in [1.807, 2.05) is 35.2 Å². The van der Waals surface area contributed by atoms with Crippen molar-refractivity contribution in [1.29, 1.82) is 0 Å². The minimum absolute atomic E-state index is 0.0138. The number of anilines is 1. The molecule has 24 heavy (non-hydrogen) atoms. The van der Waals surface area contributed by atoms with Crippen LogP contribution in [0.25, 0.3) is 0 Å². The summed E-state index contributed by atoms with van der Waals surface area (Å²) in [6.07, 6.45) is 2.15. The Labute approximate surface area is 142 Å². The second-order valence-corrected chi connectivity index (χ2v) is 6.45. The summed E-state index contributed by atoms with van der Waals surface area (Å²) in [7, 11) is 1.42. The number of ether oxygens (including phenoxy) is 2. The fourth-order valence-corrected chi connectivity index (χ4v) is 3.40. The molecule has 0 radical (unpaired) electrons. The molecule has 2 saturated heterocycles. The Bertz CT molecular complexity index is 582. The van der Waals surface area contributed by atoms with E-state index in [9.17, 15) is 9.59 Å². The molecule has 2 heterocycles. The molecule has 0 saturated carbocycles. The summed E-state index contributed by atoms with van der Waals surface area (Å²) in [4.78, 5) is 27.6. The average molecular weight is 332 g/mol. The first-order chi connectivity index (χ1) is 11.6. The summed E-state index contributed by atoms with van der Waals surface area (Å²) in [5.74, 6) is -0.162. The second-order valence-electron chi connectivity index (χ2n) is 6.45. The highest BCUT2D eigenvalue weighted by Crippen LogP contribution is 2.32. The molecule has 0 aliphatic carbocycles. The molecule has 2 aliphatic heterocycles. The third-order valence-electron chi connectivity index (χ3n) is 4.94. The van der Waals surface area contributed by atoms with Crippen molar-refractivity contribution in [3.63, 3.8) is 0 Å². The number of para-hydroxylation sites is 1.